The largest absolute Gasteiger partial charge is 0.497 e. The van der Waals surface area contributed by atoms with Crippen LogP contribution in [-0.2, 0) is 4.79 Å². The molecule has 2 atom stereocenters. The zero-order valence-electron chi connectivity index (χ0n) is 15.6. The van der Waals surface area contributed by atoms with Gasteiger partial charge in [-0.1, -0.05) is 12.1 Å². The Morgan fingerprint density at radius 1 is 1.04 bits per heavy atom. The lowest BCUT2D eigenvalue weighted by molar-refractivity contribution is -0.140. The number of methoxy groups -OCH3 is 3. The zero-order valence-corrected chi connectivity index (χ0v) is 15.6. The number of carboxylic acids is 1. The van der Waals surface area contributed by atoms with E-state index in [-0.39, 0.29) is 5.91 Å². The first-order valence-electron chi connectivity index (χ1n) is 8.32. The lowest BCUT2D eigenvalue weighted by Gasteiger charge is -2.39. The van der Waals surface area contributed by atoms with E-state index in [1.54, 1.807) is 37.4 Å². The van der Waals surface area contributed by atoms with Gasteiger partial charge in [0.05, 0.1) is 27.4 Å². The smallest absolute Gasteiger partial charge is 0.313 e. The van der Waals surface area contributed by atoms with E-state index in [1.165, 1.54) is 32.3 Å². The van der Waals surface area contributed by atoms with Gasteiger partial charge in [-0.3, -0.25) is 9.59 Å². The third kappa shape index (κ3) is 3.05. The quantitative estimate of drug-likeness (QED) is 0.870. The molecule has 0 radical (unpaired) electrons. The van der Waals surface area contributed by atoms with Crippen LogP contribution in [0.1, 0.15) is 33.4 Å². The van der Waals surface area contributed by atoms with Crippen molar-refractivity contribution >= 4 is 11.9 Å². The van der Waals surface area contributed by atoms with Gasteiger partial charge in [-0.2, -0.15) is 0 Å². The van der Waals surface area contributed by atoms with Crippen molar-refractivity contribution < 1.29 is 28.9 Å². The molecule has 1 aliphatic heterocycles. The predicted molar refractivity (Wildman–Crippen MR) is 97.8 cm³/mol. The molecule has 0 unspecified atom stereocenters. The number of rotatable bonds is 5. The van der Waals surface area contributed by atoms with Crippen LogP contribution in [0, 0.1) is 0 Å². The molecule has 142 valence electrons. The molecule has 2 aromatic carbocycles. The number of ether oxygens (including phenoxy) is 3. The number of hydrogen-bond acceptors (Lipinski definition) is 5. The monoisotopic (exact) mass is 371 g/mol. The summed E-state index contributed by atoms with van der Waals surface area (Å²) in [6.07, 6.45) is 0. The van der Waals surface area contributed by atoms with Crippen LogP contribution in [0.5, 0.6) is 17.2 Å². The summed E-state index contributed by atoms with van der Waals surface area (Å²) in [6, 6.07) is 9.50. The van der Waals surface area contributed by atoms with Gasteiger partial charge in [0.2, 0.25) is 0 Å². The molecule has 1 N–H and O–H groups in total. The maximum absolute atomic E-state index is 13.0. The van der Waals surface area contributed by atoms with Gasteiger partial charge in [0.25, 0.3) is 5.91 Å². The fraction of sp³-hybridized carbons (Fsp3) is 0.300. The summed E-state index contributed by atoms with van der Waals surface area (Å²) in [5.74, 6) is -0.927. The number of carboxylic acid groups (broad SMARTS) is 1. The zero-order chi connectivity index (χ0) is 19.7. The van der Waals surface area contributed by atoms with E-state index >= 15 is 0 Å². The van der Waals surface area contributed by atoms with E-state index in [9.17, 15) is 14.7 Å². The van der Waals surface area contributed by atoms with Crippen molar-refractivity contribution in [2.24, 2.45) is 0 Å². The van der Waals surface area contributed by atoms with Crippen molar-refractivity contribution in [3.8, 4) is 17.2 Å². The molecule has 0 aromatic heterocycles. The molecule has 0 fully saturated rings. The molecule has 0 saturated carbocycles. The Morgan fingerprint density at radius 3 is 2.30 bits per heavy atom. The molecule has 0 saturated heterocycles. The van der Waals surface area contributed by atoms with E-state index in [1.807, 2.05) is 0 Å². The van der Waals surface area contributed by atoms with Crippen molar-refractivity contribution in [3.05, 3.63) is 53.1 Å². The first-order valence-corrected chi connectivity index (χ1v) is 8.32. The van der Waals surface area contributed by atoms with E-state index in [0.29, 0.717) is 33.9 Å². The van der Waals surface area contributed by atoms with Crippen LogP contribution in [0.4, 0.5) is 0 Å². The molecular formula is C20H21NO6. The van der Waals surface area contributed by atoms with Crippen LogP contribution >= 0.6 is 0 Å². The van der Waals surface area contributed by atoms with Crippen LogP contribution in [0.2, 0.25) is 0 Å². The van der Waals surface area contributed by atoms with Gasteiger partial charge in [0, 0.05) is 12.6 Å². The molecular weight excluding hydrogens is 350 g/mol. The molecule has 1 aliphatic rings. The number of likely N-dealkylation sites (N-methyl/N-ethyl adjacent to an activating group) is 1. The molecule has 0 bridgehead atoms. The van der Waals surface area contributed by atoms with E-state index in [0.717, 1.165) is 0 Å². The Bertz CT molecular complexity index is 894. The van der Waals surface area contributed by atoms with Crippen LogP contribution in [0.15, 0.2) is 36.4 Å². The molecule has 0 spiro atoms. The number of hydrogen-bond donors (Lipinski definition) is 1. The minimum absolute atomic E-state index is 0.281. The molecule has 7 heteroatoms. The first kappa shape index (κ1) is 18.6. The van der Waals surface area contributed by atoms with E-state index in [4.69, 9.17) is 14.2 Å². The second-order valence-corrected chi connectivity index (χ2v) is 6.25. The Balaban J connectivity index is 2.23. The van der Waals surface area contributed by atoms with Gasteiger partial charge in [0.1, 0.15) is 11.7 Å². The molecule has 0 aliphatic carbocycles. The summed E-state index contributed by atoms with van der Waals surface area (Å²) in [4.78, 5) is 26.7. The Labute approximate surface area is 157 Å². The summed E-state index contributed by atoms with van der Waals surface area (Å²) in [5, 5.41) is 10.00. The first-order chi connectivity index (χ1) is 12.9. The second kappa shape index (κ2) is 7.19. The molecule has 1 amide bonds. The van der Waals surface area contributed by atoms with Gasteiger partial charge in [-0.15, -0.1) is 0 Å². The van der Waals surface area contributed by atoms with Crippen molar-refractivity contribution in [2.45, 2.75) is 12.0 Å². The van der Waals surface area contributed by atoms with Crippen molar-refractivity contribution in [1.29, 1.82) is 0 Å². The summed E-state index contributed by atoms with van der Waals surface area (Å²) in [7, 11) is 6.07. The van der Waals surface area contributed by atoms with Gasteiger partial charge < -0.3 is 24.2 Å². The third-order valence-electron chi connectivity index (χ3n) is 4.88. The molecule has 3 rings (SSSR count). The third-order valence-corrected chi connectivity index (χ3v) is 4.88. The highest BCUT2D eigenvalue weighted by molar-refractivity contribution is 6.01. The number of nitrogens with zero attached hydrogens (tertiary/aromatic N) is 1. The molecule has 7 nitrogen and oxygen atoms in total. The van der Waals surface area contributed by atoms with Crippen molar-refractivity contribution in [2.75, 3.05) is 28.4 Å². The number of fused-ring (bicyclic) bond motifs is 1. The summed E-state index contributed by atoms with van der Waals surface area (Å²) in [6.45, 7) is 0. The lowest BCUT2D eigenvalue weighted by atomic mass is 9.79. The maximum Gasteiger partial charge on any atom is 0.313 e. The second-order valence-electron chi connectivity index (χ2n) is 6.25. The Morgan fingerprint density at radius 2 is 1.70 bits per heavy atom. The lowest BCUT2D eigenvalue weighted by Crippen LogP contribution is -2.42. The van der Waals surface area contributed by atoms with Crippen LogP contribution in [0.3, 0.4) is 0 Å². The molecule has 2 aromatic rings. The number of carbonyl (C=O) groups excluding carboxylic acids is 1. The fourth-order valence-corrected chi connectivity index (χ4v) is 3.56. The number of amides is 1. The minimum Gasteiger partial charge on any atom is -0.497 e. The standard InChI is InChI=1S/C20H21NO6/c1-21-18(11-6-5-7-12(8-11)25-2)17(20(23)24)13-9-15(26-3)16(27-4)10-14(13)19(21)22/h5-10,17-18H,1-4H3,(H,23,24)/t17-,18-/m1/s1. The number of aliphatic carboxylic acids is 1. The highest BCUT2D eigenvalue weighted by Gasteiger charge is 2.43. The highest BCUT2D eigenvalue weighted by Crippen LogP contribution is 2.45. The predicted octanol–water partition coefficient (Wildman–Crippen LogP) is 2.71. The van der Waals surface area contributed by atoms with Crippen LogP contribution in [0.25, 0.3) is 0 Å². The minimum atomic E-state index is -1.03. The van der Waals surface area contributed by atoms with E-state index in [2.05, 4.69) is 0 Å². The van der Waals surface area contributed by atoms with E-state index < -0.39 is 17.9 Å². The SMILES string of the molecule is COc1cccc([C@@H]2[C@H](C(=O)O)c3cc(OC)c(OC)cc3C(=O)N2C)c1. The Hall–Kier alpha value is -3.22. The highest BCUT2D eigenvalue weighted by atomic mass is 16.5. The fourth-order valence-electron chi connectivity index (χ4n) is 3.56. The van der Waals surface area contributed by atoms with Gasteiger partial charge in [0.15, 0.2) is 11.5 Å². The van der Waals surface area contributed by atoms with Crippen LogP contribution in [-0.4, -0.2) is 50.3 Å². The van der Waals surface area contributed by atoms with Crippen molar-refractivity contribution in [3.63, 3.8) is 0 Å². The van der Waals surface area contributed by atoms with Gasteiger partial charge >= 0.3 is 5.97 Å². The average Bonchev–Trinajstić information content (AvgIpc) is 2.69. The van der Waals surface area contributed by atoms with Crippen LogP contribution < -0.4 is 14.2 Å². The van der Waals surface area contributed by atoms with Gasteiger partial charge in [-0.05, 0) is 35.4 Å². The van der Waals surface area contributed by atoms with Gasteiger partial charge in [-0.25, -0.2) is 0 Å². The topological polar surface area (TPSA) is 85.3 Å². The molecule has 1 heterocycles. The molecule has 27 heavy (non-hydrogen) atoms. The summed E-state index contributed by atoms with van der Waals surface area (Å²) >= 11 is 0. The number of benzene rings is 2. The average molecular weight is 371 g/mol. The Kier molecular flexibility index (Phi) is 4.94. The normalized spacial score (nSPS) is 18.7. The maximum atomic E-state index is 13.0. The van der Waals surface area contributed by atoms with Crippen molar-refractivity contribution in [1.82, 2.24) is 4.90 Å². The summed E-state index contributed by atoms with van der Waals surface area (Å²) in [5.41, 5.74) is 1.37. The summed E-state index contributed by atoms with van der Waals surface area (Å²) < 4.78 is 15.8. The number of carbonyl (C=O) groups is 2.